The largest absolute Gasteiger partial charge is 0.317 e. The molecule has 0 unspecified atom stereocenters. The van der Waals surface area contributed by atoms with Crippen molar-refractivity contribution in [2.24, 2.45) is 0 Å². The molecule has 2 heteroatoms. The fourth-order valence-electron chi connectivity index (χ4n) is 1.62. The lowest BCUT2D eigenvalue weighted by Crippen LogP contribution is -2.25. The Morgan fingerprint density at radius 3 is 2.33 bits per heavy atom. The van der Waals surface area contributed by atoms with Crippen molar-refractivity contribution < 1.29 is 4.39 Å². The summed E-state index contributed by atoms with van der Waals surface area (Å²) in [6, 6.07) is 6.82. The highest BCUT2D eigenvalue weighted by Gasteiger charge is 2.19. The van der Waals surface area contributed by atoms with Crippen molar-refractivity contribution in [3.63, 3.8) is 0 Å². The Hall–Kier alpha value is -0.890. The van der Waals surface area contributed by atoms with Gasteiger partial charge in [-0.25, -0.2) is 4.39 Å². The number of hydrogen-bond acceptors (Lipinski definition) is 1. The zero-order valence-corrected chi connectivity index (χ0v) is 9.81. The molecule has 1 N–H and O–H groups in total. The van der Waals surface area contributed by atoms with Gasteiger partial charge in [0.2, 0.25) is 0 Å². The van der Waals surface area contributed by atoms with Gasteiger partial charge in [-0.1, -0.05) is 32.9 Å². The molecule has 1 rings (SSSR count). The maximum absolute atomic E-state index is 12.8. The highest BCUT2D eigenvalue weighted by molar-refractivity contribution is 5.24. The van der Waals surface area contributed by atoms with Crippen LogP contribution in [0.5, 0.6) is 0 Å². The van der Waals surface area contributed by atoms with Gasteiger partial charge in [0.05, 0.1) is 0 Å². The van der Waals surface area contributed by atoms with Crippen LogP contribution in [0.4, 0.5) is 4.39 Å². The average molecular weight is 209 g/mol. The maximum Gasteiger partial charge on any atom is 0.123 e. The van der Waals surface area contributed by atoms with Crippen LogP contribution in [-0.2, 0) is 5.41 Å². The van der Waals surface area contributed by atoms with Crippen molar-refractivity contribution in [3.8, 4) is 0 Å². The molecule has 15 heavy (non-hydrogen) atoms. The van der Waals surface area contributed by atoms with Gasteiger partial charge in [-0.3, -0.25) is 0 Å². The second kappa shape index (κ2) is 5.26. The fraction of sp³-hybridized carbons (Fsp3) is 0.538. The van der Waals surface area contributed by atoms with Crippen molar-refractivity contribution in [3.05, 3.63) is 35.6 Å². The first-order valence-corrected chi connectivity index (χ1v) is 5.53. The molecule has 0 amide bonds. The maximum atomic E-state index is 12.8. The molecule has 0 aliphatic rings. The molecule has 1 aromatic rings. The fourth-order valence-corrected chi connectivity index (χ4v) is 1.62. The van der Waals surface area contributed by atoms with Gasteiger partial charge in [-0.2, -0.15) is 0 Å². The van der Waals surface area contributed by atoms with Crippen molar-refractivity contribution in [2.45, 2.75) is 32.6 Å². The Balaban J connectivity index is 2.63. The van der Waals surface area contributed by atoms with Crippen molar-refractivity contribution >= 4 is 0 Å². The molecule has 0 aliphatic heterocycles. The summed E-state index contributed by atoms with van der Waals surface area (Å²) in [5, 5.41) is 3.31. The zero-order chi connectivity index (χ0) is 11.3. The van der Waals surface area contributed by atoms with E-state index in [9.17, 15) is 4.39 Å². The lowest BCUT2D eigenvalue weighted by atomic mass is 9.81. The van der Waals surface area contributed by atoms with Crippen LogP contribution in [0.2, 0.25) is 0 Å². The van der Waals surface area contributed by atoms with Gasteiger partial charge in [0.1, 0.15) is 5.82 Å². The van der Waals surface area contributed by atoms with Crippen molar-refractivity contribution in [2.75, 3.05) is 13.1 Å². The third kappa shape index (κ3) is 3.63. The molecule has 0 fully saturated rings. The highest BCUT2D eigenvalue weighted by Crippen LogP contribution is 2.26. The van der Waals surface area contributed by atoms with E-state index < -0.39 is 0 Å². The number of rotatable bonds is 5. The third-order valence-corrected chi connectivity index (χ3v) is 2.80. The number of hydrogen-bond donors (Lipinski definition) is 1. The molecule has 0 spiro atoms. The number of halogens is 1. The lowest BCUT2D eigenvalue weighted by molar-refractivity contribution is 0.460. The Morgan fingerprint density at radius 1 is 1.20 bits per heavy atom. The molecular weight excluding hydrogens is 189 g/mol. The molecule has 0 atom stereocenters. The molecular formula is C13H20FN. The summed E-state index contributed by atoms with van der Waals surface area (Å²) >= 11 is 0. The average Bonchev–Trinajstić information content (AvgIpc) is 2.18. The Bertz CT molecular complexity index is 290. The van der Waals surface area contributed by atoms with Crippen molar-refractivity contribution in [1.29, 1.82) is 0 Å². The van der Waals surface area contributed by atoms with Gasteiger partial charge in [-0.05, 0) is 42.6 Å². The van der Waals surface area contributed by atoms with Gasteiger partial charge >= 0.3 is 0 Å². The van der Waals surface area contributed by atoms with Crippen LogP contribution in [0, 0.1) is 5.82 Å². The standard InChI is InChI=1S/C13H20FN/c1-4-15-10-9-13(2,3)11-5-7-12(14)8-6-11/h5-8,15H,4,9-10H2,1-3H3. The van der Waals surface area contributed by atoms with E-state index >= 15 is 0 Å². The van der Waals surface area contributed by atoms with Gasteiger partial charge in [0, 0.05) is 0 Å². The molecule has 0 heterocycles. The molecule has 0 radical (unpaired) electrons. The Labute approximate surface area is 91.7 Å². The zero-order valence-electron chi connectivity index (χ0n) is 9.81. The molecule has 0 bridgehead atoms. The van der Waals surface area contributed by atoms with Crippen LogP contribution >= 0.6 is 0 Å². The molecule has 1 aromatic carbocycles. The molecule has 1 nitrogen and oxygen atoms in total. The molecule has 0 aliphatic carbocycles. The number of benzene rings is 1. The smallest absolute Gasteiger partial charge is 0.123 e. The monoisotopic (exact) mass is 209 g/mol. The summed E-state index contributed by atoms with van der Waals surface area (Å²) in [6.45, 7) is 8.49. The quantitative estimate of drug-likeness (QED) is 0.735. The first kappa shape index (κ1) is 12.2. The lowest BCUT2D eigenvalue weighted by Gasteiger charge is -2.25. The first-order valence-electron chi connectivity index (χ1n) is 5.53. The van der Waals surface area contributed by atoms with Gasteiger partial charge in [0.15, 0.2) is 0 Å². The summed E-state index contributed by atoms with van der Waals surface area (Å²) in [5.41, 5.74) is 1.30. The van der Waals surface area contributed by atoms with Crippen molar-refractivity contribution in [1.82, 2.24) is 5.32 Å². The van der Waals surface area contributed by atoms with Crippen LogP contribution in [-0.4, -0.2) is 13.1 Å². The SMILES string of the molecule is CCNCCC(C)(C)c1ccc(F)cc1. The van der Waals surface area contributed by atoms with Crippen LogP contribution < -0.4 is 5.32 Å². The van der Waals surface area contributed by atoms with Gasteiger partial charge in [0.25, 0.3) is 0 Å². The van der Waals surface area contributed by atoms with E-state index in [1.807, 2.05) is 12.1 Å². The van der Waals surface area contributed by atoms with Crippen LogP contribution in [0.25, 0.3) is 0 Å². The van der Waals surface area contributed by atoms with Crippen LogP contribution in [0.1, 0.15) is 32.8 Å². The second-order valence-electron chi connectivity index (χ2n) is 4.49. The minimum atomic E-state index is -0.166. The minimum absolute atomic E-state index is 0.107. The van der Waals surface area contributed by atoms with Gasteiger partial charge < -0.3 is 5.32 Å². The van der Waals surface area contributed by atoms with E-state index in [-0.39, 0.29) is 11.2 Å². The number of nitrogens with one attached hydrogen (secondary N) is 1. The third-order valence-electron chi connectivity index (χ3n) is 2.80. The molecule has 84 valence electrons. The topological polar surface area (TPSA) is 12.0 Å². The Kier molecular flexibility index (Phi) is 4.28. The van der Waals surface area contributed by atoms with Gasteiger partial charge in [-0.15, -0.1) is 0 Å². The molecule has 0 saturated heterocycles. The predicted octanol–water partition coefficient (Wildman–Crippen LogP) is 3.10. The van der Waals surface area contributed by atoms with Crippen LogP contribution in [0.3, 0.4) is 0 Å². The second-order valence-corrected chi connectivity index (χ2v) is 4.49. The van der Waals surface area contributed by atoms with E-state index in [4.69, 9.17) is 0 Å². The minimum Gasteiger partial charge on any atom is -0.317 e. The summed E-state index contributed by atoms with van der Waals surface area (Å²) in [6.07, 6.45) is 1.06. The summed E-state index contributed by atoms with van der Waals surface area (Å²) in [5.74, 6) is -0.166. The Morgan fingerprint density at radius 2 is 1.80 bits per heavy atom. The van der Waals surface area contributed by atoms with E-state index in [0.29, 0.717) is 0 Å². The van der Waals surface area contributed by atoms with Crippen LogP contribution in [0.15, 0.2) is 24.3 Å². The van der Waals surface area contributed by atoms with E-state index in [0.717, 1.165) is 19.5 Å². The summed E-state index contributed by atoms with van der Waals surface area (Å²) < 4.78 is 12.8. The summed E-state index contributed by atoms with van der Waals surface area (Å²) in [7, 11) is 0. The predicted molar refractivity (Wildman–Crippen MR) is 62.6 cm³/mol. The van der Waals surface area contributed by atoms with E-state index in [1.165, 1.54) is 17.7 Å². The van der Waals surface area contributed by atoms with E-state index in [1.54, 1.807) is 0 Å². The summed E-state index contributed by atoms with van der Waals surface area (Å²) in [4.78, 5) is 0. The molecule has 0 saturated carbocycles. The van der Waals surface area contributed by atoms with E-state index in [2.05, 4.69) is 26.1 Å². The first-order chi connectivity index (χ1) is 7.06. The molecule has 0 aromatic heterocycles. The normalized spacial score (nSPS) is 11.7. The highest BCUT2D eigenvalue weighted by atomic mass is 19.1.